The van der Waals surface area contributed by atoms with Crippen LogP contribution in [-0.2, 0) is 0 Å². The third-order valence-corrected chi connectivity index (χ3v) is 11.2. The summed E-state index contributed by atoms with van der Waals surface area (Å²) in [5.74, 6) is 14.1. The first-order valence-electron chi connectivity index (χ1n) is 10.5. The molecule has 0 heterocycles. The third kappa shape index (κ3) is 0.901. The van der Waals surface area contributed by atoms with Crippen molar-refractivity contribution >= 4 is 0 Å². The summed E-state index contributed by atoms with van der Waals surface area (Å²) in [6, 6.07) is 0. The predicted octanol–water partition coefficient (Wildman–Crippen LogP) is 4.76. The fourth-order valence-electron chi connectivity index (χ4n) is 11.5. The Kier molecular flexibility index (Phi) is 1.62. The Hall–Kier alpha value is -0.260. The number of allylic oxidation sites excluding steroid dienone is 2. The Morgan fingerprint density at radius 1 is 0.682 bits per heavy atom. The third-order valence-electron chi connectivity index (χ3n) is 11.2. The summed E-state index contributed by atoms with van der Waals surface area (Å²) in [5.41, 5.74) is 0.874. The maximum absolute atomic E-state index is 2.68. The van der Waals surface area contributed by atoms with Crippen molar-refractivity contribution in [2.24, 2.45) is 76.4 Å². The van der Waals surface area contributed by atoms with Crippen molar-refractivity contribution in [2.45, 2.75) is 44.9 Å². The molecule has 0 saturated heterocycles. The van der Waals surface area contributed by atoms with Crippen LogP contribution in [0.25, 0.3) is 0 Å². The number of rotatable bonds is 0. The first-order chi connectivity index (χ1) is 10.9. The minimum Gasteiger partial charge on any atom is -0.0851 e. The minimum atomic E-state index is 0.874. The Bertz CT molecular complexity index is 618. The van der Waals surface area contributed by atoms with Crippen molar-refractivity contribution in [1.29, 1.82) is 0 Å². The normalized spacial score (nSPS) is 76.7. The van der Waals surface area contributed by atoms with E-state index in [0.717, 1.165) is 17.3 Å². The summed E-state index contributed by atoms with van der Waals surface area (Å²) in [5, 5.41) is 0. The second-order valence-electron chi connectivity index (χ2n) is 11.0. The molecule has 7 saturated carbocycles. The molecular formula is C22H28. The smallest absolute Gasteiger partial charge is 0.0191 e. The fraction of sp³-hybridized carbons (Fsp3) is 0.909. The van der Waals surface area contributed by atoms with Gasteiger partial charge in [-0.05, 0) is 121 Å². The number of fused-ring (bicyclic) bond motifs is 15. The van der Waals surface area contributed by atoms with Crippen LogP contribution < -0.4 is 0 Å². The molecule has 0 aliphatic heterocycles. The monoisotopic (exact) mass is 292 g/mol. The molecule has 0 aromatic rings. The van der Waals surface area contributed by atoms with Gasteiger partial charge in [0.25, 0.3) is 0 Å². The van der Waals surface area contributed by atoms with Crippen LogP contribution in [0.5, 0.6) is 0 Å². The lowest BCUT2D eigenvalue weighted by molar-refractivity contribution is -0.0840. The van der Waals surface area contributed by atoms with E-state index >= 15 is 0 Å². The maximum Gasteiger partial charge on any atom is -0.0191 e. The predicted molar refractivity (Wildman–Crippen MR) is 85.8 cm³/mol. The van der Waals surface area contributed by atoms with E-state index in [0.29, 0.717) is 0 Å². The van der Waals surface area contributed by atoms with Gasteiger partial charge in [-0.3, -0.25) is 0 Å². The van der Waals surface area contributed by atoms with E-state index < -0.39 is 0 Å². The van der Waals surface area contributed by atoms with Crippen molar-refractivity contribution in [3.05, 3.63) is 12.2 Å². The van der Waals surface area contributed by atoms with E-state index in [1.54, 1.807) is 44.9 Å². The first kappa shape index (κ1) is 11.3. The second-order valence-corrected chi connectivity index (χ2v) is 11.0. The van der Waals surface area contributed by atoms with Crippen molar-refractivity contribution in [3.8, 4) is 0 Å². The summed E-state index contributed by atoms with van der Waals surface area (Å²) in [6.45, 7) is 0. The zero-order valence-corrected chi connectivity index (χ0v) is 13.5. The molecule has 0 aromatic heterocycles. The van der Waals surface area contributed by atoms with E-state index in [1.807, 2.05) is 0 Å². The van der Waals surface area contributed by atoms with Gasteiger partial charge in [-0.2, -0.15) is 0 Å². The summed E-state index contributed by atoms with van der Waals surface area (Å²) in [6.07, 6.45) is 16.8. The molecule has 0 heteroatoms. The largest absolute Gasteiger partial charge is 0.0851 e. The summed E-state index contributed by atoms with van der Waals surface area (Å²) in [4.78, 5) is 0. The molecule has 13 unspecified atom stereocenters. The van der Waals surface area contributed by atoms with Crippen molar-refractivity contribution in [1.82, 2.24) is 0 Å². The zero-order valence-electron chi connectivity index (χ0n) is 13.5. The Labute approximate surface area is 134 Å². The Morgan fingerprint density at radius 3 is 2.45 bits per heavy atom. The van der Waals surface area contributed by atoms with Crippen molar-refractivity contribution in [2.75, 3.05) is 0 Å². The lowest BCUT2D eigenvalue weighted by Crippen LogP contribution is -2.51. The van der Waals surface area contributed by atoms with Gasteiger partial charge in [0.05, 0.1) is 0 Å². The zero-order chi connectivity index (χ0) is 13.8. The van der Waals surface area contributed by atoms with Crippen LogP contribution >= 0.6 is 0 Å². The van der Waals surface area contributed by atoms with Crippen molar-refractivity contribution < 1.29 is 0 Å². The molecule has 8 bridgehead atoms. The highest BCUT2D eigenvalue weighted by molar-refractivity contribution is 5.31. The SMILES string of the molecule is C1=CC2CC1CC13CC(C4C5CC(C6C7CCC(C7)C56)C41)C23. The molecule has 7 fully saturated rings. The topological polar surface area (TPSA) is 0 Å². The van der Waals surface area contributed by atoms with E-state index in [-0.39, 0.29) is 0 Å². The van der Waals surface area contributed by atoms with Gasteiger partial charge in [0.1, 0.15) is 0 Å². The van der Waals surface area contributed by atoms with Crippen molar-refractivity contribution in [3.63, 3.8) is 0 Å². The van der Waals surface area contributed by atoms with Gasteiger partial charge in [-0.25, -0.2) is 0 Å². The average Bonchev–Trinajstić information content (AvgIpc) is 3.28. The quantitative estimate of drug-likeness (QED) is 0.446. The van der Waals surface area contributed by atoms with Crippen LogP contribution in [0.2, 0.25) is 0 Å². The first-order valence-corrected chi connectivity index (χ1v) is 10.5. The highest BCUT2D eigenvalue weighted by Crippen LogP contribution is 2.86. The van der Waals surface area contributed by atoms with E-state index in [4.69, 9.17) is 0 Å². The molecule has 116 valence electrons. The average molecular weight is 292 g/mol. The molecule has 8 aliphatic rings. The van der Waals surface area contributed by atoms with Crippen LogP contribution in [0, 0.1) is 76.4 Å². The molecule has 0 radical (unpaired) electrons. The molecule has 8 aliphatic carbocycles. The lowest BCUT2D eigenvalue weighted by atomic mass is 9.47. The second kappa shape index (κ2) is 3.14. The van der Waals surface area contributed by atoms with E-state index in [9.17, 15) is 0 Å². The summed E-state index contributed by atoms with van der Waals surface area (Å²) in [7, 11) is 0. The number of hydrogen-bond acceptors (Lipinski definition) is 0. The van der Waals surface area contributed by atoms with E-state index in [2.05, 4.69) is 12.2 Å². The molecule has 0 spiro atoms. The summed E-state index contributed by atoms with van der Waals surface area (Å²) < 4.78 is 0. The minimum absolute atomic E-state index is 0.874. The Morgan fingerprint density at radius 2 is 1.55 bits per heavy atom. The fourth-order valence-corrected chi connectivity index (χ4v) is 11.5. The highest BCUT2D eigenvalue weighted by Gasteiger charge is 2.80. The maximum atomic E-state index is 2.68. The van der Waals surface area contributed by atoms with Crippen LogP contribution in [0.3, 0.4) is 0 Å². The van der Waals surface area contributed by atoms with Gasteiger partial charge in [0, 0.05) is 0 Å². The lowest BCUT2D eigenvalue weighted by Gasteiger charge is -2.57. The molecule has 0 N–H and O–H groups in total. The van der Waals surface area contributed by atoms with Crippen LogP contribution in [-0.4, -0.2) is 0 Å². The van der Waals surface area contributed by atoms with Gasteiger partial charge in [0.2, 0.25) is 0 Å². The Balaban J connectivity index is 1.28. The van der Waals surface area contributed by atoms with Gasteiger partial charge in [-0.15, -0.1) is 0 Å². The standard InChI is InChI=1S/C22H28/c1-2-13-5-10(1)8-22-9-16(20(13)22)19-14-7-15(21(19)22)18-12-4-3-11(6-12)17(14)18/h1-2,10-21H,3-9H2. The van der Waals surface area contributed by atoms with Gasteiger partial charge in [0.15, 0.2) is 0 Å². The van der Waals surface area contributed by atoms with Gasteiger partial charge in [-0.1, -0.05) is 12.2 Å². The molecule has 22 heavy (non-hydrogen) atoms. The molecule has 0 aromatic carbocycles. The number of hydrogen-bond donors (Lipinski definition) is 0. The van der Waals surface area contributed by atoms with E-state index in [1.165, 1.54) is 59.2 Å². The van der Waals surface area contributed by atoms with Gasteiger partial charge < -0.3 is 0 Å². The van der Waals surface area contributed by atoms with Crippen LogP contribution in [0.4, 0.5) is 0 Å². The van der Waals surface area contributed by atoms with Crippen LogP contribution in [0.1, 0.15) is 44.9 Å². The molecule has 13 atom stereocenters. The van der Waals surface area contributed by atoms with Crippen LogP contribution in [0.15, 0.2) is 12.2 Å². The molecule has 0 amide bonds. The summed E-state index contributed by atoms with van der Waals surface area (Å²) >= 11 is 0. The molecular weight excluding hydrogens is 264 g/mol. The highest BCUT2D eigenvalue weighted by atomic mass is 14.8. The van der Waals surface area contributed by atoms with Gasteiger partial charge >= 0.3 is 0 Å². The molecule has 8 rings (SSSR count). The molecule has 0 nitrogen and oxygen atoms in total.